The summed E-state index contributed by atoms with van der Waals surface area (Å²) in [5, 5.41) is 0. The molecule has 1 aromatic carbocycles. The molecule has 0 unspecified atom stereocenters. The van der Waals surface area contributed by atoms with E-state index in [-0.39, 0.29) is 24.9 Å². The van der Waals surface area contributed by atoms with Crippen molar-refractivity contribution in [2.75, 3.05) is 13.1 Å². The molecule has 0 radical (unpaired) electrons. The first-order valence-electron chi connectivity index (χ1n) is 7.48. The maximum atomic E-state index is 12.6. The minimum Gasteiger partial charge on any atom is -0.332 e. The highest BCUT2D eigenvalue weighted by atomic mass is 19.4. The van der Waals surface area contributed by atoms with E-state index in [0.717, 1.165) is 18.6 Å². The standard InChI is InChI=1S/C16H19F3N2O2/c1-3-8-20-10-14(22)21(11(2)15(20)23)9-12-4-6-13(7-5-12)16(17,18)19/h4-7,11H,3,8-10H2,1-2H3/t11-/m1/s1. The molecular weight excluding hydrogens is 309 g/mol. The fourth-order valence-electron chi connectivity index (χ4n) is 2.63. The second-order valence-corrected chi connectivity index (χ2v) is 5.65. The zero-order valence-corrected chi connectivity index (χ0v) is 13.1. The molecule has 1 aliphatic heterocycles. The fraction of sp³-hybridized carbons (Fsp3) is 0.500. The second kappa shape index (κ2) is 6.60. The van der Waals surface area contributed by atoms with E-state index in [1.165, 1.54) is 21.9 Å². The predicted octanol–water partition coefficient (Wildman–Crippen LogP) is 2.67. The summed E-state index contributed by atoms with van der Waals surface area (Å²) in [7, 11) is 0. The van der Waals surface area contributed by atoms with Crippen molar-refractivity contribution in [3.05, 3.63) is 35.4 Å². The Hall–Kier alpha value is -2.05. The van der Waals surface area contributed by atoms with Crippen LogP contribution in [0.3, 0.4) is 0 Å². The van der Waals surface area contributed by atoms with Crippen LogP contribution in [-0.4, -0.2) is 40.7 Å². The molecule has 1 aliphatic rings. The van der Waals surface area contributed by atoms with E-state index in [4.69, 9.17) is 0 Å². The molecule has 126 valence electrons. The Morgan fingerprint density at radius 2 is 1.78 bits per heavy atom. The van der Waals surface area contributed by atoms with Gasteiger partial charge in [0.1, 0.15) is 6.04 Å². The van der Waals surface area contributed by atoms with Crippen molar-refractivity contribution in [1.29, 1.82) is 0 Å². The van der Waals surface area contributed by atoms with Gasteiger partial charge in [-0.1, -0.05) is 19.1 Å². The zero-order chi connectivity index (χ0) is 17.2. The smallest absolute Gasteiger partial charge is 0.332 e. The number of hydrogen-bond donors (Lipinski definition) is 0. The number of alkyl halides is 3. The van der Waals surface area contributed by atoms with Gasteiger partial charge in [-0.3, -0.25) is 9.59 Å². The first kappa shape index (κ1) is 17.3. The largest absolute Gasteiger partial charge is 0.416 e. The maximum absolute atomic E-state index is 12.6. The van der Waals surface area contributed by atoms with Gasteiger partial charge < -0.3 is 9.80 Å². The monoisotopic (exact) mass is 328 g/mol. The molecule has 0 saturated carbocycles. The Bertz CT molecular complexity index is 584. The van der Waals surface area contributed by atoms with Crippen molar-refractivity contribution in [2.24, 2.45) is 0 Å². The minimum atomic E-state index is -4.39. The average molecular weight is 328 g/mol. The number of rotatable bonds is 4. The third-order valence-corrected chi connectivity index (χ3v) is 3.91. The lowest BCUT2D eigenvalue weighted by molar-refractivity contribution is -0.155. The molecule has 1 saturated heterocycles. The molecular formula is C16H19F3N2O2. The predicted molar refractivity (Wildman–Crippen MR) is 78.3 cm³/mol. The molecule has 1 atom stereocenters. The highest BCUT2D eigenvalue weighted by molar-refractivity contribution is 5.94. The summed E-state index contributed by atoms with van der Waals surface area (Å²) in [6.45, 7) is 4.26. The third-order valence-electron chi connectivity index (χ3n) is 3.91. The van der Waals surface area contributed by atoms with Gasteiger partial charge in [-0.25, -0.2) is 0 Å². The number of halogens is 3. The lowest BCUT2D eigenvalue weighted by Crippen LogP contribution is -2.58. The summed E-state index contributed by atoms with van der Waals surface area (Å²) >= 11 is 0. The van der Waals surface area contributed by atoms with Gasteiger partial charge in [0.25, 0.3) is 0 Å². The summed E-state index contributed by atoms with van der Waals surface area (Å²) in [6, 6.07) is 4.04. The normalized spacial score (nSPS) is 19.4. The van der Waals surface area contributed by atoms with E-state index in [1.54, 1.807) is 6.92 Å². The Kier molecular flexibility index (Phi) is 4.97. The van der Waals surface area contributed by atoms with Crippen molar-refractivity contribution >= 4 is 11.8 Å². The highest BCUT2D eigenvalue weighted by Gasteiger charge is 2.36. The number of benzene rings is 1. The van der Waals surface area contributed by atoms with Gasteiger partial charge in [-0.15, -0.1) is 0 Å². The van der Waals surface area contributed by atoms with E-state index in [0.29, 0.717) is 12.1 Å². The van der Waals surface area contributed by atoms with Gasteiger partial charge in [-0.05, 0) is 31.0 Å². The Labute approximate surface area is 132 Å². The topological polar surface area (TPSA) is 40.6 Å². The number of amides is 2. The van der Waals surface area contributed by atoms with Crippen molar-refractivity contribution in [2.45, 2.75) is 39.0 Å². The van der Waals surface area contributed by atoms with Gasteiger partial charge in [0.15, 0.2) is 0 Å². The summed E-state index contributed by atoms with van der Waals surface area (Å²) in [5.41, 5.74) is -0.167. The molecule has 0 aromatic heterocycles. The summed E-state index contributed by atoms with van der Waals surface area (Å²) in [5.74, 6) is -0.316. The van der Waals surface area contributed by atoms with E-state index < -0.39 is 17.8 Å². The van der Waals surface area contributed by atoms with E-state index in [2.05, 4.69) is 0 Å². The molecule has 2 rings (SSSR count). The second-order valence-electron chi connectivity index (χ2n) is 5.65. The van der Waals surface area contributed by atoms with E-state index >= 15 is 0 Å². The Morgan fingerprint density at radius 3 is 2.30 bits per heavy atom. The maximum Gasteiger partial charge on any atom is 0.416 e. The van der Waals surface area contributed by atoms with Crippen LogP contribution in [0.15, 0.2) is 24.3 Å². The van der Waals surface area contributed by atoms with Crippen LogP contribution >= 0.6 is 0 Å². The first-order valence-corrected chi connectivity index (χ1v) is 7.48. The molecule has 1 fully saturated rings. The molecule has 23 heavy (non-hydrogen) atoms. The van der Waals surface area contributed by atoms with Crippen LogP contribution in [0.4, 0.5) is 13.2 Å². The van der Waals surface area contributed by atoms with Crippen molar-refractivity contribution in [3.8, 4) is 0 Å². The van der Waals surface area contributed by atoms with E-state index in [9.17, 15) is 22.8 Å². The number of carbonyl (C=O) groups is 2. The number of carbonyl (C=O) groups excluding carboxylic acids is 2. The summed E-state index contributed by atoms with van der Waals surface area (Å²) in [6.07, 6.45) is -3.62. The quantitative estimate of drug-likeness (QED) is 0.853. The molecule has 4 nitrogen and oxygen atoms in total. The SMILES string of the molecule is CCCN1CC(=O)N(Cc2ccc(C(F)(F)F)cc2)[C@H](C)C1=O. The lowest BCUT2D eigenvalue weighted by atomic mass is 10.1. The molecule has 0 bridgehead atoms. The van der Waals surface area contributed by atoms with Crippen molar-refractivity contribution in [1.82, 2.24) is 9.80 Å². The number of nitrogens with zero attached hydrogens (tertiary/aromatic N) is 2. The zero-order valence-electron chi connectivity index (χ0n) is 13.1. The third kappa shape index (κ3) is 3.83. The van der Waals surface area contributed by atoms with Crippen LogP contribution in [0.1, 0.15) is 31.4 Å². The number of hydrogen-bond acceptors (Lipinski definition) is 2. The van der Waals surface area contributed by atoms with Gasteiger partial charge in [0.05, 0.1) is 12.1 Å². The van der Waals surface area contributed by atoms with E-state index in [1.807, 2.05) is 6.92 Å². The molecule has 1 aromatic rings. The Morgan fingerprint density at radius 1 is 1.17 bits per heavy atom. The average Bonchev–Trinajstić information content (AvgIpc) is 2.49. The van der Waals surface area contributed by atoms with Crippen molar-refractivity contribution < 1.29 is 22.8 Å². The van der Waals surface area contributed by atoms with Crippen LogP contribution in [-0.2, 0) is 22.3 Å². The van der Waals surface area contributed by atoms with Crippen LogP contribution in [0.25, 0.3) is 0 Å². The summed E-state index contributed by atoms with van der Waals surface area (Å²) < 4.78 is 37.7. The van der Waals surface area contributed by atoms with Crippen molar-refractivity contribution in [3.63, 3.8) is 0 Å². The van der Waals surface area contributed by atoms with Gasteiger partial charge >= 0.3 is 6.18 Å². The molecule has 0 N–H and O–H groups in total. The molecule has 1 heterocycles. The minimum absolute atomic E-state index is 0.0254. The molecule has 7 heteroatoms. The molecule has 2 amide bonds. The Balaban J connectivity index is 2.10. The highest BCUT2D eigenvalue weighted by Crippen LogP contribution is 2.29. The molecule has 0 aliphatic carbocycles. The van der Waals surface area contributed by atoms with Gasteiger partial charge in [0, 0.05) is 13.1 Å². The number of piperazine rings is 1. The molecule has 0 spiro atoms. The first-order chi connectivity index (χ1) is 10.7. The van der Waals surface area contributed by atoms with Crippen LogP contribution in [0.2, 0.25) is 0 Å². The lowest BCUT2D eigenvalue weighted by Gasteiger charge is -2.38. The fourth-order valence-corrected chi connectivity index (χ4v) is 2.63. The summed E-state index contributed by atoms with van der Waals surface area (Å²) in [4.78, 5) is 27.4. The van der Waals surface area contributed by atoms with Gasteiger partial charge in [-0.2, -0.15) is 13.2 Å². The van der Waals surface area contributed by atoms with Crippen LogP contribution < -0.4 is 0 Å². The van der Waals surface area contributed by atoms with Crippen LogP contribution in [0.5, 0.6) is 0 Å². The van der Waals surface area contributed by atoms with Crippen LogP contribution in [0, 0.1) is 0 Å². The van der Waals surface area contributed by atoms with Gasteiger partial charge in [0.2, 0.25) is 11.8 Å².